The Hall–Kier alpha value is -1.06. The summed E-state index contributed by atoms with van der Waals surface area (Å²) in [4.78, 5) is 4.86. The van der Waals surface area contributed by atoms with E-state index in [2.05, 4.69) is 36.0 Å². The second kappa shape index (κ2) is 5.93. The van der Waals surface area contributed by atoms with Crippen molar-refractivity contribution >= 4 is 0 Å². The summed E-state index contributed by atoms with van der Waals surface area (Å²) >= 11 is 0. The minimum absolute atomic E-state index is 0.440. The number of piperidine rings is 1. The molecule has 2 rings (SSSR count). The van der Waals surface area contributed by atoms with E-state index >= 15 is 0 Å². The summed E-state index contributed by atoms with van der Waals surface area (Å²) in [5, 5.41) is 9.81. The molecule has 1 fully saturated rings. The number of phenols is 1. The van der Waals surface area contributed by atoms with Gasteiger partial charge < -0.3 is 10.0 Å². The average molecular weight is 262 g/mol. The SMILES string of the molecule is Cc1cc(CN2CCC(N(C)C)CC2)cc(C)c1O. The molecule has 1 saturated heterocycles. The fourth-order valence-corrected chi connectivity index (χ4v) is 2.99. The average Bonchev–Trinajstić information content (AvgIpc) is 2.36. The first-order valence-electron chi connectivity index (χ1n) is 7.15. The van der Waals surface area contributed by atoms with Gasteiger partial charge >= 0.3 is 0 Å². The number of benzene rings is 1. The highest BCUT2D eigenvalue weighted by atomic mass is 16.3. The van der Waals surface area contributed by atoms with Crippen molar-refractivity contribution in [2.24, 2.45) is 0 Å². The van der Waals surface area contributed by atoms with E-state index in [1.807, 2.05) is 13.8 Å². The third-order valence-corrected chi connectivity index (χ3v) is 4.24. The quantitative estimate of drug-likeness (QED) is 0.907. The van der Waals surface area contributed by atoms with Gasteiger partial charge in [-0.2, -0.15) is 0 Å². The minimum Gasteiger partial charge on any atom is -0.507 e. The zero-order valence-corrected chi connectivity index (χ0v) is 12.6. The third kappa shape index (κ3) is 3.48. The van der Waals surface area contributed by atoms with Crippen LogP contribution in [0.15, 0.2) is 12.1 Å². The number of hydrogen-bond donors (Lipinski definition) is 1. The van der Waals surface area contributed by atoms with E-state index < -0.39 is 0 Å². The molecule has 1 heterocycles. The first kappa shape index (κ1) is 14.4. The lowest BCUT2D eigenvalue weighted by atomic mass is 10.0. The van der Waals surface area contributed by atoms with E-state index in [9.17, 15) is 5.11 Å². The molecule has 3 heteroatoms. The molecule has 0 bridgehead atoms. The van der Waals surface area contributed by atoms with E-state index in [1.165, 1.54) is 31.5 Å². The molecule has 0 spiro atoms. The highest BCUT2D eigenvalue weighted by Gasteiger charge is 2.20. The molecule has 1 N–H and O–H groups in total. The van der Waals surface area contributed by atoms with E-state index in [0.29, 0.717) is 5.75 Å². The highest BCUT2D eigenvalue weighted by molar-refractivity contribution is 5.42. The van der Waals surface area contributed by atoms with Gasteiger partial charge in [-0.05, 0) is 70.6 Å². The van der Waals surface area contributed by atoms with Gasteiger partial charge in [0, 0.05) is 12.6 Å². The van der Waals surface area contributed by atoms with Gasteiger partial charge in [-0.25, -0.2) is 0 Å². The second-order valence-electron chi connectivity index (χ2n) is 6.05. The van der Waals surface area contributed by atoms with Gasteiger partial charge in [0.25, 0.3) is 0 Å². The van der Waals surface area contributed by atoms with Crippen LogP contribution >= 0.6 is 0 Å². The van der Waals surface area contributed by atoms with E-state index in [1.54, 1.807) is 0 Å². The fourth-order valence-electron chi connectivity index (χ4n) is 2.99. The van der Waals surface area contributed by atoms with Crippen LogP contribution in [0, 0.1) is 13.8 Å². The number of hydrogen-bond acceptors (Lipinski definition) is 3. The standard InChI is InChI=1S/C16H26N2O/c1-12-9-14(10-13(2)16(12)19)11-18-7-5-15(6-8-18)17(3)4/h9-10,15,19H,5-8,11H2,1-4H3. The molecule has 1 aliphatic rings. The molecule has 0 aliphatic carbocycles. The van der Waals surface area contributed by atoms with Crippen LogP contribution < -0.4 is 0 Å². The maximum atomic E-state index is 9.81. The molecule has 19 heavy (non-hydrogen) atoms. The van der Waals surface area contributed by atoms with Crippen molar-refractivity contribution in [2.75, 3.05) is 27.2 Å². The Kier molecular flexibility index (Phi) is 4.48. The predicted molar refractivity (Wildman–Crippen MR) is 79.6 cm³/mol. The fraction of sp³-hybridized carbons (Fsp3) is 0.625. The summed E-state index contributed by atoms with van der Waals surface area (Å²) in [5.74, 6) is 0.440. The van der Waals surface area contributed by atoms with Crippen molar-refractivity contribution in [3.05, 3.63) is 28.8 Å². The summed E-state index contributed by atoms with van der Waals surface area (Å²) in [6, 6.07) is 4.96. The summed E-state index contributed by atoms with van der Waals surface area (Å²) in [7, 11) is 4.35. The lowest BCUT2D eigenvalue weighted by Crippen LogP contribution is -2.41. The monoisotopic (exact) mass is 262 g/mol. The van der Waals surface area contributed by atoms with Crippen LogP contribution in [0.25, 0.3) is 0 Å². The van der Waals surface area contributed by atoms with Crippen molar-refractivity contribution in [3.63, 3.8) is 0 Å². The van der Waals surface area contributed by atoms with Crippen LogP contribution in [0.4, 0.5) is 0 Å². The first-order valence-corrected chi connectivity index (χ1v) is 7.15. The molecule has 3 nitrogen and oxygen atoms in total. The van der Waals surface area contributed by atoms with Crippen molar-refractivity contribution in [1.82, 2.24) is 9.80 Å². The van der Waals surface area contributed by atoms with Crippen LogP contribution in [-0.2, 0) is 6.54 Å². The molecule has 1 aromatic rings. The van der Waals surface area contributed by atoms with Gasteiger partial charge in [0.1, 0.15) is 5.75 Å². The molecule has 0 unspecified atom stereocenters. The van der Waals surface area contributed by atoms with Crippen molar-refractivity contribution in [2.45, 2.75) is 39.3 Å². The van der Waals surface area contributed by atoms with Crippen LogP contribution in [0.5, 0.6) is 5.75 Å². The van der Waals surface area contributed by atoms with Gasteiger partial charge in [-0.1, -0.05) is 12.1 Å². The van der Waals surface area contributed by atoms with Crippen molar-refractivity contribution < 1.29 is 5.11 Å². The van der Waals surface area contributed by atoms with Gasteiger partial charge in [-0.3, -0.25) is 4.90 Å². The van der Waals surface area contributed by atoms with Gasteiger partial charge in [-0.15, -0.1) is 0 Å². The highest BCUT2D eigenvalue weighted by Crippen LogP contribution is 2.24. The largest absolute Gasteiger partial charge is 0.507 e. The Balaban J connectivity index is 1.96. The molecule has 1 aromatic carbocycles. The summed E-state index contributed by atoms with van der Waals surface area (Å²) in [5.41, 5.74) is 3.28. The first-order chi connectivity index (χ1) is 8.97. The molecule has 0 aromatic heterocycles. The second-order valence-corrected chi connectivity index (χ2v) is 6.05. The molecule has 0 radical (unpaired) electrons. The van der Waals surface area contributed by atoms with E-state index in [4.69, 9.17) is 0 Å². The number of nitrogens with zero attached hydrogens (tertiary/aromatic N) is 2. The van der Waals surface area contributed by atoms with Gasteiger partial charge in [0.05, 0.1) is 0 Å². The Bertz CT molecular complexity index is 411. The molecule has 1 aliphatic heterocycles. The van der Waals surface area contributed by atoms with Crippen molar-refractivity contribution in [3.8, 4) is 5.75 Å². The minimum atomic E-state index is 0.440. The normalized spacial score (nSPS) is 18.2. The molecule has 0 saturated carbocycles. The van der Waals surface area contributed by atoms with E-state index in [0.717, 1.165) is 23.7 Å². The Morgan fingerprint density at radius 1 is 1.16 bits per heavy atom. The van der Waals surface area contributed by atoms with Crippen LogP contribution in [0.2, 0.25) is 0 Å². The zero-order chi connectivity index (χ0) is 14.0. The topological polar surface area (TPSA) is 26.7 Å². The maximum Gasteiger partial charge on any atom is 0.121 e. The maximum absolute atomic E-state index is 9.81. The summed E-state index contributed by atoms with van der Waals surface area (Å²) in [6.07, 6.45) is 2.51. The number of aromatic hydroxyl groups is 1. The number of phenolic OH excluding ortho intramolecular Hbond substituents is 1. The predicted octanol–water partition coefficient (Wildman–Crippen LogP) is 2.54. The van der Waals surface area contributed by atoms with Crippen LogP contribution in [0.1, 0.15) is 29.5 Å². The number of likely N-dealkylation sites (tertiary alicyclic amines) is 1. The molecular formula is C16H26N2O. The Morgan fingerprint density at radius 3 is 2.16 bits per heavy atom. The smallest absolute Gasteiger partial charge is 0.121 e. The number of aryl methyl sites for hydroxylation is 2. The molecular weight excluding hydrogens is 236 g/mol. The summed E-state index contributed by atoms with van der Waals surface area (Å²) in [6.45, 7) is 7.29. The third-order valence-electron chi connectivity index (χ3n) is 4.24. The van der Waals surface area contributed by atoms with E-state index in [-0.39, 0.29) is 0 Å². The lowest BCUT2D eigenvalue weighted by molar-refractivity contribution is 0.140. The Labute approximate surface area is 116 Å². The lowest BCUT2D eigenvalue weighted by Gasteiger charge is -2.35. The number of rotatable bonds is 3. The van der Waals surface area contributed by atoms with Crippen molar-refractivity contribution in [1.29, 1.82) is 0 Å². The van der Waals surface area contributed by atoms with Gasteiger partial charge in [0.2, 0.25) is 0 Å². The molecule has 0 amide bonds. The van der Waals surface area contributed by atoms with Gasteiger partial charge in [0.15, 0.2) is 0 Å². The molecule has 106 valence electrons. The Morgan fingerprint density at radius 2 is 1.68 bits per heavy atom. The van der Waals surface area contributed by atoms with Crippen LogP contribution in [0.3, 0.4) is 0 Å². The molecule has 0 atom stereocenters. The van der Waals surface area contributed by atoms with Crippen LogP contribution in [-0.4, -0.2) is 48.1 Å². The summed E-state index contributed by atoms with van der Waals surface area (Å²) < 4.78 is 0. The zero-order valence-electron chi connectivity index (χ0n) is 12.6.